The number of amidine groups is 1. The van der Waals surface area contributed by atoms with Gasteiger partial charge in [-0.2, -0.15) is 0 Å². The molecular weight excluding hydrogens is 319 g/mol. The first-order valence-electron chi connectivity index (χ1n) is 6.94. The lowest BCUT2D eigenvalue weighted by atomic mass is 9.98. The van der Waals surface area contributed by atoms with E-state index < -0.39 is 0 Å². The third-order valence-electron chi connectivity index (χ3n) is 3.70. The molecule has 5 heteroatoms. The van der Waals surface area contributed by atoms with Crippen LogP contribution in [0.2, 0.25) is 0 Å². The minimum absolute atomic E-state index is 0. The Morgan fingerprint density at radius 1 is 1.14 bits per heavy atom. The highest BCUT2D eigenvalue weighted by Crippen LogP contribution is 2.43. The summed E-state index contributed by atoms with van der Waals surface area (Å²) in [5.41, 5.74) is 9.03. The minimum Gasteiger partial charge on any atom is -0.379 e. The number of benzene rings is 2. The number of aliphatic imine (C=N–C) groups is 1. The highest BCUT2D eigenvalue weighted by molar-refractivity contribution is 8.14. The van der Waals surface area contributed by atoms with E-state index in [0.29, 0.717) is 10.7 Å². The molecule has 0 saturated heterocycles. The Hall–Kier alpha value is -1.52. The van der Waals surface area contributed by atoms with Gasteiger partial charge in [0.25, 0.3) is 0 Å². The molecule has 0 aliphatic carbocycles. The predicted octanol–water partition coefficient (Wildman–Crippen LogP) is 4.79. The normalized spacial score (nSPS) is 20.9. The summed E-state index contributed by atoms with van der Waals surface area (Å²) < 4.78 is 14.0. The second kappa shape index (κ2) is 7.16. The van der Waals surface area contributed by atoms with Gasteiger partial charge in [0.2, 0.25) is 0 Å². The average Bonchev–Trinajstić information content (AvgIpc) is 2.48. The molecule has 0 bridgehead atoms. The molecule has 2 aromatic rings. The molecule has 1 aliphatic rings. The van der Waals surface area contributed by atoms with Crippen LogP contribution in [0.1, 0.15) is 34.4 Å². The third-order valence-corrected chi connectivity index (χ3v) is 4.79. The number of nitrogens with zero attached hydrogens (tertiary/aromatic N) is 1. The molecule has 0 radical (unpaired) electrons. The molecule has 2 nitrogen and oxygen atoms in total. The van der Waals surface area contributed by atoms with E-state index in [9.17, 15) is 4.39 Å². The first kappa shape index (κ1) is 16.8. The molecule has 0 saturated carbocycles. The molecule has 2 aromatic carbocycles. The van der Waals surface area contributed by atoms with Crippen LogP contribution in [0.5, 0.6) is 0 Å². The number of aryl methyl sites for hydroxylation is 1. The van der Waals surface area contributed by atoms with Crippen molar-refractivity contribution >= 4 is 29.3 Å². The van der Waals surface area contributed by atoms with E-state index in [-0.39, 0.29) is 29.5 Å². The average molecular weight is 337 g/mol. The lowest BCUT2D eigenvalue weighted by molar-refractivity contribution is 0.560. The summed E-state index contributed by atoms with van der Waals surface area (Å²) in [5, 5.41) is 0.743. The third kappa shape index (κ3) is 3.62. The molecule has 0 aromatic heterocycles. The highest BCUT2D eigenvalue weighted by atomic mass is 35.5. The van der Waals surface area contributed by atoms with Crippen molar-refractivity contribution in [1.82, 2.24) is 0 Å². The Morgan fingerprint density at radius 3 is 2.50 bits per heavy atom. The molecule has 2 atom stereocenters. The van der Waals surface area contributed by atoms with Gasteiger partial charge in [0.05, 0.1) is 6.04 Å². The lowest BCUT2D eigenvalue weighted by Crippen LogP contribution is -2.19. The topological polar surface area (TPSA) is 38.4 Å². The van der Waals surface area contributed by atoms with Crippen LogP contribution in [-0.2, 0) is 0 Å². The molecule has 3 rings (SSSR count). The van der Waals surface area contributed by atoms with Crippen molar-refractivity contribution in [2.75, 3.05) is 0 Å². The zero-order valence-electron chi connectivity index (χ0n) is 12.2. The summed E-state index contributed by atoms with van der Waals surface area (Å²) >= 11 is 1.55. The van der Waals surface area contributed by atoms with Crippen LogP contribution in [0.3, 0.4) is 0 Å². The lowest BCUT2D eigenvalue weighted by Gasteiger charge is -2.26. The number of hydrogen-bond donors (Lipinski definition) is 1. The van der Waals surface area contributed by atoms with Crippen molar-refractivity contribution < 1.29 is 4.39 Å². The minimum atomic E-state index is -0.214. The number of halogens is 2. The van der Waals surface area contributed by atoms with Gasteiger partial charge in [-0.15, -0.1) is 12.4 Å². The molecule has 116 valence electrons. The first-order valence-corrected chi connectivity index (χ1v) is 7.82. The Morgan fingerprint density at radius 2 is 1.82 bits per heavy atom. The molecule has 1 aliphatic heterocycles. The summed E-state index contributed by atoms with van der Waals surface area (Å²) in [4.78, 5) is 4.42. The summed E-state index contributed by atoms with van der Waals surface area (Å²) in [6, 6.07) is 15.0. The SMILES string of the molecule is Cc1ccc([C@H]2C[C@@H](c3ccccc3F)N=C(N)S2)cc1.Cl. The van der Waals surface area contributed by atoms with Gasteiger partial charge in [0.1, 0.15) is 5.82 Å². The van der Waals surface area contributed by atoms with Crippen LogP contribution in [-0.4, -0.2) is 5.17 Å². The van der Waals surface area contributed by atoms with Gasteiger partial charge in [0, 0.05) is 10.8 Å². The summed E-state index contributed by atoms with van der Waals surface area (Å²) in [6.07, 6.45) is 0.759. The zero-order valence-corrected chi connectivity index (χ0v) is 13.8. The molecule has 0 fully saturated rings. The van der Waals surface area contributed by atoms with Gasteiger partial charge in [-0.1, -0.05) is 59.8 Å². The van der Waals surface area contributed by atoms with E-state index in [1.165, 1.54) is 17.2 Å². The Kier molecular flexibility index (Phi) is 5.48. The van der Waals surface area contributed by atoms with E-state index in [0.717, 1.165) is 6.42 Å². The van der Waals surface area contributed by atoms with Crippen LogP contribution in [0, 0.1) is 12.7 Å². The standard InChI is InChI=1S/C17H17FN2S.ClH/c1-11-6-8-12(9-7-11)16-10-15(20-17(19)21-16)13-4-2-3-5-14(13)18;/h2-9,15-16H,10H2,1H3,(H2,19,20);1H/t15-,16+;/m0./s1. The second-order valence-electron chi connectivity index (χ2n) is 5.26. The number of rotatable bonds is 2. The van der Waals surface area contributed by atoms with Gasteiger partial charge in [-0.05, 0) is 25.0 Å². The van der Waals surface area contributed by atoms with Crippen LogP contribution < -0.4 is 5.73 Å². The fraction of sp³-hybridized carbons (Fsp3) is 0.235. The maximum absolute atomic E-state index is 14.0. The van der Waals surface area contributed by atoms with E-state index in [4.69, 9.17) is 5.73 Å². The van der Waals surface area contributed by atoms with Gasteiger partial charge >= 0.3 is 0 Å². The van der Waals surface area contributed by atoms with E-state index in [2.05, 4.69) is 36.2 Å². The molecule has 22 heavy (non-hydrogen) atoms. The quantitative estimate of drug-likeness (QED) is 0.856. The zero-order chi connectivity index (χ0) is 14.8. The Bertz CT molecular complexity index is 673. The van der Waals surface area contributed by atoms with E-state index >= 15 is 0 Å². The molecular formula is C17H18ClFN2S. The molecule has 2 N–H and O–H groups in total. The molecule has 0 amide bonds. The highest BCUT2D eigenvalue weighted by Gasteiger charge is 2.27. The van der Waals surface area contributed by atoms with E-state index in [1.54, 1.807) is 23.9 Å². The maximum Gasteiger partial charge on any atom is 0.155 e. The summed E-state index contributed by atoms with van der Waals surface area (Å²) in [6.45, 7) is 2.07. The smallest absolute Gasteiger partial charge is 0.155 e. The van der Waals surface area contributed by atoms with Crippen LogP contribution in [0.15, 0.2) is 53.5 Å². The summed E-state index contributed by atoms with van der Waals surface area (Å²) in [7, 11) is 0. The summed E-state index contributed by atoms with van der Waals surface area (Å²) in [5.74, 6) is -0.214. The van der Waals surface area contributed by atoms with Gasteiger partial charge < -0.3 is 5.73 Å². The Balaban J connectivity index is 0.00000176. The van der Waals surface area contributed by atoms with Crippen LogP contribution >= 0.6 is 24.2 Å². The van der Waals surface area contributed by atoms with Crippen molar-refractivity contribution in [2.24, 2.45) is 10.7 Å². The number of nitrogens with two attached hydrogens (primary N) is 1. The fourth-order valence-electron chi connectivity index (χ4n) is 2.56. The fourth-order valence-corrected chi connectivity index (χ4v) is 3.61. The molecule has 1 heterocycles. The number of thioether (sulfide) groups is 1. The van der Waals surface area contributed by atoms with Crippen molar-refractivity contribution in [2.45, 2.75) is 24.6 Å². The monoisotopic (exact) mass is 336 g/mol. The van der Waals surface area contributed by atoms with Gasteiger partial charge in [-0.25, -0.2) is 4.39 Å². The predicted molar refractivity (Wildman–Crippen MR) is 94.1 cm³/mol. The van der Waals surface area contributed by atoms with Crippen molar-refractivity contribution in [3.8, 4) is 0 Å². The van der Waals surface area contributed by atoms with Gasteiger partial charge in [0.15, 0.2) is 5.17 Å². The molecule has 0 unspecified atom stereocenters. The second-order valence-corrected chi connectivity index (χ2v) is 6.48. The van der Waals surface area contributed by atoms with Crippen LogP contribution in [0.4, 0.5) is 4.39 Å². The van der Waals surface area contributed by atoms with Gasteiger partial charge in [-0.3, -0.25) is 4.99 Å². The van der Waals surface area contributed by atoms with E-state index in [1.807, 2.05) is 6.07 Å². The maximum atomic E-state index is 14.0. The largest absolute Gasteiger partial charge is 0.379 e. The van der Waals surface area contributed by atoms with Crippen LogP contribution in [0.25, 0.3) is 0 Å². The van der Waals surface area contributed by atoms with Crippen molar-refractivity contribution in [3.05, 3.63) is 71.0 Å². The van der Waals surface area contributed by atoms with Crippen molar-refractivity contribution in [1.29, 1.82) is 0 Å². The van der Waals surface area contributed by atoms with Crippen molar-refractivity contribution in [3.63, 3.8) is 0 Å². The molecule has 0 spiro atoms. The Labute approximate surface area is 140 Å². The number of hydrogen-bond acceptors (Lipinski definition) is 3. The first-order chi connectivity index (χ1) is 10.1.